The van der Waals surface area contributed by atoms with E-state index in [9.17, 15) is 14.0 Å². The Morgan fingerprint density at radius 1 is 1.10 bits per heavy atom. The molecule has 1 atom stereocenters. The minimum absolute atomic E-state index is 0.170. The number of hydrogen-bond donors (Lipinski definition) is 0. The van der Waals surface area contributed by atoms with Gasteiger partial charge in [0.1, 0.15) is 18.5 Å². The van der Waals surface area contributed by atoms with Gasteiger partial charge in [-0.25, -0.2) is 14.1 Å². The van der Waals surface area contributed by atoms with Crippen molar-refractivity contribution in [2.75, 3.05) is 18.1 Å². The number of nitrogens with zero attached hydrogens (tertiary/aromatic N) is 1. The molecule has 7 heteroatoms. The average Bonchev–Trinajstić information content (AvgIpc) is 3.17. The van der Waals surface area contributed by atoms with E-state index in [0.717, 1.165) is 35.5 Å². The van der Waals surface area contributed by atoms with Gasteiger partial charge < -0.3 is 4.74 Å². The fourth-order valence-corrected chi connectivity index (χ4v) is 7.38. The highest BCUT2D eigenvalue weighted by Gasteiger charge is 2.39. The molecule has 4 nitrogen and oxygen atoms in total. The van der Waals surface area contributed by atoms with Gasteiger partial charge in [-0.1, -0.05) is 42.5 Å². The average molecular weight is 446 g/mol. The third-order valence-corrected chi connectivity index (χ3v) is 8.97. The van der Waals surface area contributed by atoms with Crippen molar-refractivity contribution in [1.29, 1.82) is 0 Å². The van der Waals surface area contributed by atoms with Crippen molar-refractivity contribution in [2.45, 2.75) is 35.8 Å². The first kappa shape index (κ1) is 21.2. The second-order valence-electron chi connectivity index (χ2n) is 7.43. The molecule has 2 aromatic rings. The summed E-state index contributed by atoms with van der Waals surface area (Å²) in [6.07, 6.45) is 2.31. The molecule has 158 valence electrons. The van der Waals surface area contributed by atoms with E-state index in [-0.39, 0.29) is 34.9 Å². The van der Waals surface area contributed by atoms with Crippen LogP contribution in [0.2, 0.25) is 0 Å². The molecule has 0 bridgehead atoms. The van der Waals surface area contributed by atoms with Gasteiger partial charge in [-0.3, -0.25) is 4.79 Å². The van der Waals surface area contributed by atoms with E-state index < -0.39 is 6.09 Å². The third kappa shape index (κ3) is 4.52. The predicted molar refractivity (Wildman–Crippen MR) is 119 cm³/mol. The third-order valence-electron chi connectivity index (χ3n) is 5.47. The highest BCUT2D eigenvalue weighted by molar-refractivity contribution is 8.18. The number of carbonyl (C=O) groups is 2. The lowest BCUT2D eigenvalue weighted by Crippen LogP contribution is -2.34. The molecule has 2 aliphatic heterocycles. The second-order valence-corrected chi connectivity index (χ2v) is 10.5. The van der Waals surface area contributed by atoms with Crippen molar-refractivity contribution in [1.82, 2.24) is 4.90 Å². The Bertz CT molecular complexity index is 885. The zero-order valence-electron chi connectivity index (χ0n) is 16.6. The number of hydrogen-bond acceptors (Lipinski definition) is 5. The number of halogens is 1. The maximum atomic E-state index is 13.4. The molecule has 2 heterocycles. The van der Waals surface area contributed by atoms with Gasteiger partial charge in [0.05, 0.1) is 4.08 Å². The molecule has 4 rings (SSSR count). The van der Waals surface area contributed by atoms with Crippen LogP contribution in [0.25, 0.3) is 0 Å². The maximum absolute atomic E-state index is 13.4. The fourth-order valence-electron chi connectivity index (χ4n) is 3.94. The summed E-state index contributed by atoms with van der Waals surface area (Å²) >= 11 is 3.75. The van der Waals surface area contributed by atoms with Crippen molar-refractivity contribution < 1.29 is 18.7 Å². The summed E-state index contributed by atoms with van der Waals surface area (Å²) in [4.78, 5) is 26.4. The topological polar surface area (TPSA) is 46.6 Å². The Morgan fingerprint density at radius 3 is 2.50 bits per heavy atom. The molecule has 30 heavy (non-hydrogen) atoms. The molecule has 0 saturated carbocycles. The summed E-state index contributed by atoms with van der Waals surface area (Å²) < 4.78 is 18.4. The molecule has 2 amide bonds. The molecule has 2 fully saturated rings. The Morgan fingerprint density at radius 2 is 1.80 bits per heavy atom. The van der Waals surface area contributed by atoms with Gasteiger partial charge in [-0.2, -0.15) is 0 Å². The molecule has 0 aliphatic carbocycles. The van der Waals surface area contributed by atoms with E-state index in [1.807, 2.05) is 66.0 Å². The van der Waals surface area contributed by atoms with E-state index in [4.69, 9.17) is 4.74 Å². The van der Waals surface area contributed by atoms with Crippen molar-refractivity contribution in [3.63, 3.8) is 0 Å². The highest BCUT2D eigenvalue weighted by Crippen LogP contribution is 2.53. The number of imide groups is 1. The lowest BCUT2D eigenvalue weighted by atomic mass is 10.0. The molecule has 2 aliphatic rings. The summed E-state index contributed by atoms with van der Waals surface area (Å²) in [5.74, 6) is 1.65. The standard InChI is InChI=1S/C23H24FNO3S2/c24-19-11-9-18(10-12-19)23(29-14-5-15-30-23)13-4-8-21(26)25-20(16-28-22(25)27)17-6-2-1-3-7-17/h1-3,6-7,9-12,20H,4-5,8,13-16H2. The van der Waals surface area contributed by atoms with Gasteiger partial charge in [-0.15, -0.1) is 23.5 Å². The number of benzene rings is 2. The smallest absolute Gasteiger partial charge is 0.417 e. The van der Waals surface area contributed by atoms with Gasteiger partial charge in [-0.05, 0) is 54.0 Å². The van der Waals surface area contributed by atoms with E-state index in [1.54, 1.807) is 0 Å². The molecule has 2 saturated heterocycles. The number of thioether (sulfide) groups is 2. The van der Waals surface area contributed by atoms with Crippen LogP contribution < -0.4 is 0 Å². The van der Waals surface area contributed by atoms with Crippen LogP contribution in [0.4, 0.5) is 9.18 Å². The van der Waals surface area contributed by atoms with E-state index in [1.165, 1.54) is 17.0 Å². The maximum Gasteiger partial charge on any atom is 0.417 e. The highest BCUT2D eigenvalue weighted by atomic mass is 32.2. The SMILES string of the molecule is O=C(CCCC1(c2ccc(F)cc2)SCCCS1)N1C(=O)OCC1c1ccccc1. The number of carbonyl (C=O) groups excluding carboxylic acids is 2. The Balaban J connectivity index is 1.43. The number of amides is 2. The first-order chi connectivity index (χ1) is 14.6. The lowest BCUT2D eigenvalue weighted by molar-refractivity contribution is -0.129. The minimum atomic E-state index is -0.566. The lowest BCUT2D eigenvalue weighted by Gasteiger charge is -2.37. The van der Waals surface area contributed by atoms with Crippen LogP contribution in [0.15, 0.2) is 54.6 Å². The van der Waals surface area contributed by atoms with Crippen molar-refractivity contribution in [3.05, 3.63) is 71.5 Å². The summed E-state index contributed by atoms with van der Waals surface area (Å²) in [6.45, 7) is 0.194. The van der Waals surface area contributed by atoms with Gasteiger partial charge in [0.25, 0.3) is 0 Å². The minimum Gasteiger partial charge on any atom is -0.446 e. The van der Waals surface area contributed by atoms with Crippen LogP contribution >= 0.6 is 23.5 Å². The van der Waals surface area contributed by atoms with E-state index in [2.05, 4.69) is 0 Å². The van der Waals surface area contributed by atoms with E-state index >= 15 is 0 Å². The Kier molecular flexibility index (Phi) is 6.68. The molecule has 1 unspecified atom stereocenters. The zero-order chi connectivity index (χ0) is 21.0. The monoisotopic (exact) mass is 445 g/mol. The normalized spacial score (nSPS) is 20.8. The van der Waals surface area contributed by atoms with Crippen LogP contribution in [-0.4, -0.2) is 35.0 Å². The van der Waals surface area contributed by atoms with E-state index in [0.29, 0.717) is 6.42 Å². The molecular formula is C23H24FNO3S2. The number of ether oxygens (including phenoxy) is 1. The van der Waals surface area contributed by atoms with Crippen molar-refractivity contribution in [2.24, 2.45) is 0 Å². The second kappa shape index (κ2) is 9.43. The molecule has 0 aromatic heterocycles. The summed E-state index contributed by atoms with van der Waals surface area (Å²) in [7, 11) is 0. The van der Waals surface area contributed by atoms with Gasteiger partial charge >= 0.3 is 6.09 Å². The van der Waals surface area contributed by atoms with Crippen molar-refractivity contribution >= 4 is 35.5 Å². The first-order valence-corrected chi connectivity index (χ1v) is 12.1. The zero-order valence-corrected chi connectivity index (χ0v) is 18.2. The van der Waals surface area contributed by atoms with Crippen LogP contribution in [0.5, 0.6) is 0 Å². The molecule has 2 aromatic carbocycles. The number of rotatable bonds is 6. The van der Waals surface area contributed by atoms with Gasteiger partial charge in [0.15, 0.2) is 0 Å². The quantitative estimate of drug-likeness (QED) is 0.567. The summed E-state index contributed by atoms with van der Waals surface area (Å²) in [5.41, 5.74) is 1.99. The van der Waals surface area contributed by atoms with Gasteiger partial charge in [0.2, 0.25) is 5.91 Å². The molecule has 0 spiro atoms. The van der Waals surface area contributed by atoms with Crippen LogP contribution in [0.1, 0.15) is 42.9 Å². The van der Waals surface area contributed by atoms with Crippen LogP contribution in [-0.2, 0) is 13.6 Å². The largest absolute Gasteiger partial charge is 0.446 e. The van der Waals surface area contributed by atoms with Gasteiger partial charge in [0, 0.05) is 6.42 Å². The summed E-state index contributed by atoms with van der Waals surface area (Å²) in [5, 5.41) is 0. The predicted octanol–water partition coefficient (Wildman–Crippen LogP) is 5.74. The fraction of sp³-hybridized carbons (Fsp3) is 0.391. The number of cyclic esters (lactones) is 1. The van der Waals surface area contributed by atoms with Crippen molar-refractivity contribution in [3.8, 4) is 0 Å². The Labute approximate surface area is 184 Å². The molecular weight excluding hydrogens is 421 g/mol. The van der Waals surface area contributed by atoms with Crippen LogP contribution in [0, 0.1) is 5.82 Å². The summed E-state index contributed by atoms with van der Waals surface area (Å²) in [6, 6.07) is 15.9. The molecule has 0 N–H and O–H groups in total. The first-order valence-electron chi connectivity index (χ1n) is 10.2. The Hall–Kier alpha value is -1.99. The van der Waals surface area contributed by atoms with Crippen LogP contribution in [0.3, 0.4) is 0 Å². The molecule has 0 radical (unpaired) electrons.